The van der Waals surface area contributed by atoms with Crippen molar-refractivity contribution < 1.29 is 28.1 Å². The van der Waals surface area contributed by atoms with Gasteiger partial charge in [-0.25, -0.2) is 9.59 Å². The normalized spacial score (nSPS) is 15.1. The van der Waals surface area contributed by atoms with E-state index in [-0.39, 0.29) is 24.6 Å². The lowest BCUT2D eigenvalue weighted by Gasteiger charge is -2.24. The summed E-state index contributed by atoms with van der Waals surface area (Å²) in [6.07, 6.45) is -0.175. The number of alkyl halides is 2. The quantitative estimate of drug-likeness (QED) is 0.217. The third-order valence-corrected chi connectivity index (χ3v) is 7.40. The number of anilines is 1. The summed E-state index contributed by atoms with van der Waals surface area (Å²) in [5, 5.41) is 14.4. The van der Waals surface area contributed by atoms with Crippen molar-refractivity contribution in [2.45, 2.75) is 30.3 Å². The molecule has 0 saturated carbocycles. The van der Waals surface area contributed by atoms with Gasteiger partial charge in [-0.05, 0) is 37.1 Å². The summed E-state index contributed by atoms with van der Waals surface area (Å²) in [4.78, 5) is 37.8. The van der Waals surface area contributed by atoms with E-state index in [0.29, 0.717) is 51.2 Å². The van der Waals surface area contributed by atoms with Gasteiger partial charge < -0.3 is 23.4 Å². The van der Waals surface area contributed by atoms with Gasteiger partial charge in [0.05, 0.1) is 22.6 Å². The highest BCUT2D eigenvalue weighted by molar-refractivity contribution is 6.54. The first kappa shape index (κ1) is 28.1. The van der Waals surface area contributed by atoms with Crippen LogP contribution < -0.4 is 10.7 Å². The van der Waals surface area contributed by atoms with Crippen molar-refractivity contribution in [3.05, 3.63) is 80.7 Å². The van der Waals surface area contributed by atoms with Crippen LogP contribution in [0.2, 0.25) is 10.0 Å². The third-order valence-electron chi connectivity index (χ3n) is 6.40. The van der Waals surface area contributed by atoms with Crippen LogP contribution in [0.1, 0.15) is 30.4 Å². The summed E-state index contributed by atoms with van der Waals surface area (Å²) in [6, 6.07) is 12.6. The first-order valence-electron chi connectivity index (χ1n) is 11.9. The monoisotopic (exact) mass is 625 g/mol. The zero-order chi connectivity index (χ0) is 28.6. The van der Waals surface area contributed by atoms with E-state index in [1.54, 1.807) is 48.5 Å². The molecule has 10 nitrogen and oxygen atoms in total. The lowest BCUT2D eigenvalue weighted by Crippen LogP contribution is -2.35. The third kappa shape index (κ3) is 5.57. The lowest BCUT2D eigenvalue weighted by atomic mass is 10.1. The molecule has 14 heteroatoms. The molecule has 1 atom stereocenters. The van der Waals surface area contributed by atoms with E-state index in [4.69, 9.17) is 59.8 Å². The van der Waals surface area contributed by atoms with Crippen LogP contribution in [0.15, 0.2) is 66.7 Å². The zero-order valence-electron chi connectivity index (χ0n) is 20.4. The van der Waals surface area contributed by atoms with Crippen molar-refractivity contribution in [3.63, 3.8) is 0 Å². The zero-order valence-corrected chi connectivity index (χ0v) is 23.4. The van der Waals surface area contributed by atoms with Crippen molar-refractivity contribution in [1.82, 2.24) is 10.1 Å². The van der Waals surface area contributed by atoms with Crippen LogP contribution in [-0.2, 0) is 11.3 Å². The highest BCUT2D eigenvalue weighted by atomic mass is 35.5. The van der Waals surface area contributed by atoms with E-state index < -0.39 is 28.7 Å². The molecule has 40 heavy (non-hydrogen) atoms. The van der Waals surface area contributed by atoms with Gasteiger partial charge in [-0.3, -0.25) is 9.69 Å². The van der Waals surface area contributed by atoms with Crippen LogP contribution in [0.25, 0.3) is 22.6 Å². The molecule has 2 aromatic carbocycles. The lowest BCUT2D eigenvalue weighted by molar-refractivity contribution is -0.117. The number of hydrogen-bond donors (Lipinski definition) is 1. The Morgan fingerprint density at radius 1 is 1.10 bits per heavy atom. The number of aromatic nitrogens is 1. The Bertz CT molecular complexity index is 1610. The van der Waals surface area contributed by atoms with E-state index in [0.717, 1.165) is 4.90 Å². The number of hydrogen-bond acceptors (Lipinski definition) is 7. The number of benzene rings is 2. The number of nitrogens with zero attached hydrogens (tertiary/aromatic N) is 3. The minimum Gasteiger partial charge on any atom is -0.465 e. The summed E-state index contributed by atoms with van der Waals surface area (Å²) >= 11 is 24.5. The number of halogens is 4. The fraction of sp³-hybridized carbons (Fsp3) is 0.231. The second-order valence-corrected chi connectivity index (χ2v) is 10.7. The Morgan fingerprint density at radius 2 is 1.82 bits per heavy atom. The topological polar surface area (TPSA) is 130 Å². The van der Waals surface area contributed by atoms with E-state index in [9.17, 15) is 19.5 Å². The summed E-state index contributed by atoms with van der Waals surface area (Å²) in [5.41, 5.74) is 1.79. The Morgan fingerprint density at radius 3 is 2.52 bits per heavy atom. The molecular formula is C26H19Cl4N3O7. The molecule has 1 fully saturated rings. The molecule has 3 heterocycles. The highest BCUT2D eigenvalue weighted by Gasteiger charge is 2.37. The van der Waals surface area contributed by atoms with Gasteiger partial charge in [0.25, 0.3) is 5.91 Å². The van der Waals surface area contributed by atoms with Crippen LogP contribution in [0.5, 0.6) is 0 Å². The molecule has 1 aliphatic heterocycles. The van der Waals surface area contributed by atoms with E-state index in [1.807, 2.05) is 0 Å². The molecule has 2 aromatic heterocycles. The van der Waals surface area contributed by atoms with E-state index in [2.05, 4.69) is 5.16 Å². The Labute approximate surface area is 246 Å². The predicted molar refractivity (Wildman–Crippen MR) is 148 cm³/mol. The first-order chi connectivity index (χ1) is 19.1. The van der Waals surface area contributed by atoms with Crippen LogP contribution in [0.4, 0.5) is 10.5 Å². The molecule has 1 unspecified atom stereocenters. The first-order valence-corrected chi connectivity index (χ1v) is 13.5. The Kier molecular flexibility index (Phi) is 8.14. The summed E-state index contributed by atoms with van der Waals surface area (Å²) in [6.45, 7) is -0.0385. The fourth-order valence-corrected chi connectivity index (χ4v) is 5.43. The molecule has 2 amide bonds. The minimum atomic E-state index is -1.45. The number of rotatable bonds is 7. The molecule has 5 rings (SSSR count). The van der Waals surface area contributed by atoms with Gasteiger partial charge in [-0.2, -0.15) is 0 Å². The number of carbonyl (C=O) groups is 2. The van der Waals surface area contributed by atoms with Crippen LogP contribution in [0, 0.1) is 0 Å². The summed E-state index contributed by atoms with van der Waals surface area (Å²) in [7, 11) is 0. The average Bonchev–Trinajstić information content (AvgIpc) is 3.67. The van der Waals surface area contributed by atoms with Crippen molar-refractivity contribution >= 4 is 64.1 Å². The maximum atomic E-state index is 13.1. The van der Waals surface area contributed by atoms with Crippen molar-refractivity contribution in [2.24, 2.45) is 0 Å². The van der Waals surface area contributed by atoms with Gasteiger partial charge in [-0.15, -0.1) is 0 Å². The Hall–Kier alpha value is -3.44. The van der Waals surface area contributed by atoms with Crippen LogP contribution >= 0.6 is 46.4 Å². The van der Waals surface area contributed by atoms with Crippen LogP contribution in [0.3, 0.4) is 0 Å². The van der Waals surface area contributed by atoms with E-state index >= 15 is 0 Å². The standard InChI is InChI=1S/C26H19Cl4N3O7/c27-15-6-2-7-16(28)21(15)17-11-19(40-31-17)13-4-1-5-14(10-13)33(24(34)23(29)30)12-20-22(39-26(37)38-20)18-8-3-9-32(18)25(35)36/h1-2,4-7,10-11,18,23H,3,8-9,12H2,(H,35,36). The largest absolute Gasteiger partial charge is 0.519 e. The molecule has 4 aromatic rings. The maximum absolute atomic E-state index is 13.1. The molecular weight excluding hydrogens is 608 g/mol. The molecule has 1 saturated heterocycles. The smallest absolute Gasteiger partial charge is 0.465 e. The number of amides is 2. The van der Waals surface area contributed by atoms with Crippen molar-refractivity contribution in [2.75, 3.05) is 11.4 Å². The molecule has 1 aliphatic rings. The second kappa shape index (κ2) is 11.6. The highest BCUT2D eigenvalue weighted by Crippen LogP contribution is 2.38. The predicted octanol–water partition coefficient (Wildman–Crippen LogP) is 7.01. The minimum absolute atomic E-state index is 0.0220. The molecule has 1 N–H and O–H groups in total. The second-order valence-electron chi connectivity index (χ2n) is 8.82. The van der Waals surface area contributed by atoms with Gasteiger partial charge >= 0.3 is 11.9 Å². The van der Waals surface area contributed by atoms with Gasteiger partial charge in [0.1, 0.15) is 5.69 Å². The molecule has 0 spiro atoms. The average molecular weight is 627 g/mol. The van der Waals surface area contributed by atoms with Crippen molar-refractivity contribution in [3.8, 4) is 22.6 Å². The number of likely N-dealkylation sites (tertiary alicyclic amines) is 1. The van der Waals surface area contributed by atoms with E-state index in [1.165, 1.54) is 4.90 Å². The molecule has 0 bridgehead atoms. The maximum Gasteiger partial charge on any atom is 0.519 e. The summed E-state index contributed by atoms with van der Waals surface area (Å²) in [5.74, 6) is -1.38. The number of carbonyl (C=O) groups excluding carboxylic acids is 1. The van der Waals surface area contributed by atoms with Crippen LogP contribution in [-0.4, -0.2) is 38.5 Å². The van der Waals surface area contributed by atoms with Gasteiger partial charge in [0.15, 0.2) is 22.1 Å². The molecule has 208 valence electrons. The molecule has 0 aliphatic carbocycles. The number of carboxylic acid groups (broad SMARTS) is 1. The molecule has 0 radical (unpaired) electrons. The van der Waals surface area contributed by atoms with Gasteiger partial charge in [-0.1, -0.05) is 69.8 Å². The van der Waals surface area contributed by atoms with Gasteiger partial charge in [0.2, 0.25) is 0 Å². The summed E-state index contributed by atoms with van der Waals surface area (Å²) < 4.78 is 16.0. The Balaban J connectivity index is 1.50. The fourth-order valence-electron chi connectivity index (χ4n) is 4.61. The van der Waals surface area contributed by atoms with Crippen molar-refractivity contribution in [1.29, 1.82) is 0 Å². The SMILES string of the molecule is O=C(C(Cl)Cl)N(Cc1oc(=O)oc1C1CCCN1C(=O)O)c1cccc(-c2cc(-c3c(Cl)cccc3Cl)no2)c1. The van der Waals surface area contributed by atoms with Gasteiger partial charge in [0, 0.05) is 29.4 Å².